The van der Waals surface area contributed by atoms with Gasteiger partial charge in [0.2, 0.25) is 5.91 Å². The number of carboxylic acids is 1. The number of likely N-dealkylation sites (tertiary alicyclic amines) is 1. The van der Waals surface area contributed by atoms with Crippen LogP contribution in [0, 0.1) is 5.92 Å². The van der Waals surface area contributed by atoms with E-state index in [2.05, 4.69) is 29.6 Å². The molecule has 4 rings (SSSR count). The smallest absolute Gasteiger partial charge is 0.407 e. The molecule has 0 saturated carbocycles. The molecule has 1 aliphatic carbocycles. The highest BCUT2D eigenvalue weighted by atomic mass is 16.5. The Bertz CT molecular complexity index is 1010. The van der Waals surface area contributed by atoms with Crippen LogP contribution in [0.3, 0.4) is 0 Å². The van der Waals surface area contributed by atoms with E-state index in [1.54, 1.807) is 4.90 Å². The van der Waals surface area contributed by atoms with Gasteiger partial charge in [0.05, 0.1) is 5.92 Å². The Labute approximate surface area is 200 Å². The summed E-state index contributed by atoms with van der Waals surface area (Å²) in [4.78, 5) is 38.4. The Morgan fingerprint density at radius 3 is 2.35 bits per heavy atom. The molecule has 2 aromatic rings. The maximum absolute atomic E-state index is 12.8. The first-order chi connectivity index (χ1) is 16.5. The molecule has 0 spiro atoms. The van der Waals surface area contributed by atoms with E-state index in [1.807, 2.05) is 31.2 Å². The van der Waals surface area contributed by atoms with Gasteiger partial charge in [0.15, 0.2) is 0 Å². The summed E-state index contributed by atoms with van der Waals surface area (Å²) < 4.78 is 5.64. The summed E-state index contributed by atoms with van der Waals surface area (Å²) in [6.45, 7) is 3.02. The molecule has 1 aliphatic heterocycles. The summed E-state index contributed by atoms with van der Waals surface area (Å²) in [6, 6.07) is 16.0. The van der Waals surface area contributed by atoms with Crippen LogP contribution in [0.1, 0.15) is 56.1 Å². The Kier molecular flexibility index (Phi) is 7.50. The van der Waals surface area contributed by atoms with Crippen molar-refractivity contribution in [2.45, 2.75) is 51.0 Å². The van der Waals surface area contributed by atoms with Gasteiger partial charge in [-0.15, -0.1) is 0 Å². The minimum atomic E-state index is -0.862. The first kappa shape index (κ1) is 23.8. The molecule has 7 heteroatoms. The number of nitrogens with one attached hydrogen (secondary N) is 1. The van der Waals surface area contributed by atoms with Gasteiger partial charge >= 0.3 is 12.1 Å². The molecule has 2 unspecified atom stereocenters. The van der Waals surface area contributed by atoms with Crippen LogP contribution in [-0.4, -0.2) is 53.7 Å². The Morgan fingerprint density at radius 2 is 1.74 bits per heavy atom. The maximum Gasteiger partial charge on any atom is 0.407 e. The molecule has 0 aromatic heterocycles. The van der Waals surface area contributed by atoms with E-state index in [-0.39, 0.29) is 37.4 Å². The molecule has 2 amide bonds. The second-order valence-corrected chi connectivity index (χ2v) is 9.18. The van der Waals surface area contributed by atoms with Crippen molar-refractivity contribution in [1.29, 1.82) is 0 Å². The number of carbonyl (C=O) groups excluding carboxylic acids is 2. The molecule has 7 nitrogen and oxygen atoms in total. The molecule has 2 aliphatic rings. The average Bonchev–Trinajstić information content (AvgIpc) is 3.16. The molecule has 180 valence electrons. The lowest BCUT2D eigenvalue weighted by Crippen LogP contribution is -2.45. The van der Waals surface area contributed by atoms with Gasteiger partial charge in [0.1, 0.15) is 6.61 Å². The summed E-state index contributed by atoms with van der Waals surface area (Å²) >= 11 is 0. The van der Waals surface area contributed by atoms with E-state index in [9.17, 15) is 19.5 Å². The summed E-state index contributed by atoms with van der Waals surface area (Å²) in [5, 5.41) is 12.2. The van der Waals surface area contributed by atoms with Crippen molar-refractivity contribution in [3.05, 3.63) is 59.7 Å². The summed E-state index contributed by atoms with van der Waals surface area (Å²) in [5.41, 5.74) is 4.63. The van der Waals surface area contributed by atoms with Gasteiger partial charge in [0.25, 0.3) is 0 Å². The highest BCUT2D eigenvalue weighted by molar-refractivity contribution is 5.80. The number of rotatable bonds is 8. The van der Waals surface area contributed by atoms with Crippen LogP contribution in [-0.2, 0) is 14.3 Å². The number of amides is 2. The lowest BCUT2D eigenvalue weighted by molar-refractivity contribution is -0.145. The quantitative estimate of drug-likeness (QED) is 0.603. The predicted molar refractivity (Wildman–Crippen MR) is 128 cm³/mol. The molecular formula is C27H32N2O5. The fourth-order valence-electron chi connectivity index (χ4n) is 5.13. The Morgan fingerprint density at radius 1 is 1.09 bits per heavy atom. The van der Waals surface area contributed by atoms with E-state index in [4.69, 9.17) is 4.74 Å². The second kappa shape index (κ2) is 10.7. The van der Waals surface area contributed by atoms with Gasteiger partial charge in [-0.1, -0.05) is 61.9 Å². The molecule has 1 fully saturated rings. The van der Waals surface area contributed by atoms with Crippen molar-refractivity contribution in [2.75, 3.05) is 19.7 Å². The lowest BCUT2D eigenvalue weighted by Gasteiger charge is -2.32. The predicted octanol–water partition coefficient (Wildman–Crippen LogP) is 4.41. The summed E-state index contributed by atoms with van der Waals surface area (Å²) in [5.74, 6) is -1.52. The van der Waals surface area contributed by atoms with Gasteiger partial charge in [0, 0.05) is 31.5 Å². The fraction of sp³-hybridized carbons (Fsp3) is 0.444. The number of benzene rings is 2. The standard InChI is InChI=1S/C27H32N2O5/c1-2-8-19(15-25(30)29-14-7-9-18(16-29)26(31)32)28-27(33)34-17-24-22-12-5-3-10-20(22)21-11-4-6-13-23(21)24/h3-6,10-13,18-19,24H,2,7-9,14-17H2,1H3,(H,28,33)(H,31,32). The van der Waals surface area contributed by atoms with Gasteiger partial charge in [-0.2, -0.15) is 0 Å². The number of ether oxygens (including phenoxy) is 1. The molecular weight excluding hydrogens is 432 g/mol. The number of alkyl carbamates (subject to hydrolysis) is 1. The van der Waals surface area contributed by atoms with Crippen LogP contribution in [0.15, 0.2) is 48.5 Å². The first-order valence-corrected chi connectivity index (χ1v) is 12.1. The monoisotopic (exact) mass is 464 g/mol. The molecule has 2 aromatic carbocycles. The van der Waals surface area contributed by atoms with Crippen molar-refractivity contribution >= 4 is 18.0 Å². The maximum atomic E-state index is 12.8. The Balaban J connectivity index is 1.35. The number of aliphatic carboxylic acids is 1. The van der Waals surface area contributed by atoms with Crippen molar-refractivity contribution in [1.82, 2.24) is 10.2 Å². The van der Waals surface area contributed by atoms with Crippen LogP contribution >= 0.6 is 0 Å². The fourth-order valence-corrected chi connectivity index (χ4v) is 5.13. The number of carbonyl (C=O) groups is 3. The van der Waals surface area contributed by atoms with E-state index >= 15 is 0 Å². The first-order valence-electron chi connectivity index (χ1n) is 12.1. The number of hydrogen-bond donors (Lipinski definition) is 2. The molecule has 2 atom stereocenters. The molecule has 0 radical (unpaired) electrons. The SMILES string of the molecule is CCCC(CC(=O)N1CCCC(C(=O)O)C1)NC(=O)OCC1c2ccccc2-c2ccccc21. The summed E-state index contributed by atoms with van der Waals surface area (Å²) in [7, 11) is 0. The van der Waals surface area contributed by atoms with E-state index in [1.165, 1.54) is 11.1 Å². The largest absolute Gasteiger partial charge is 0.481 e. The van der Waals surface area contributed by atoms with Gasteiger partial charge in [-0.25, -0.2) is 4.79 Å². The minimum Gasteiger partial charge on any atom is -0.481 e. The van der Waals surface area contributed by atoms with E-state index < -0.39 is 18.0 Å². The normalized spacial score (nSPS) is 18.0. The topological polar surface area (TPSA) is 95.9 Å². The average molecular weight is 465 g/mol. The zero-order chi connectivity index (χ0) is 24.1. The highest BCUT2D eigenvalue weighted by Crippen LogP contribution is 2.44. The summed E-state index contributed by atoms with van der Waals surface area (Å²) in [6.07, 6.45) is 2.34. The number of nitrogens with zero attached hydrogens (tertiary/aromatic N) is 1. The second-order valence-electron chi connectivity index (χ2n) is 9.18. The molecule has 1 heterocycles. The van der Waals surface area contributed by atoms with Crippen molar-refractivity contribution in [2.24, 2.45) is 5.92 Å². The minimum absolute atomic E-state index is 0.0225. The van der Waals surface area contributed by atoms with Crippen LogP contribution < -0.4 is 5.32 Å². The molecule has 1 saturated heterocycles. The van der Waals surface area contributed by atoms with Crippen molar-refractivity contribution in [3.8, 4) is 11.1 Å². The number of carboxylic acid groups (broad SMARTS) is 1. The van der Waals surface area contributed by atoms with E-state index in [0.29, 0.717) is 25.8 Å². The molecule has 0 bridgehead atoms. The molecule has 2 N–H and O–H groups in total. The number of fused-ring (bicyclic) bond motifs is 3. The number of piperidine rings is 1. The van der Waals surface area contributed by atoms with Crippen molar-refractivity contribution in [3.63, 3.8) is 0 Å². The highest BCUT2D eigenvalue weighted by Gasteiger charge is 2.31. The van der Waals surface area contributed by atoms with Crippen LogP contribution in [0.4, 0.5) is 4.79 Å². The third-order valence-electron chi connectivity index (χ3n) is 6.85. The van der Waals surface area contributed by atoms with Crippen molar-refractivity contribution < 1.29 is 24.2 Å². The van der Waals surface area contributed by atoms with Crippen LogP contribution in [0.5, 0.6) is 0 Å². The van der Waals surface area contributed by atoms with Gasteiger partial charge in [-0.3, -0.25) is 9.59 Å². The number of hydrogen-bond acceptors (Lipinski definition) is 4. The molecule has 34 heavy (non-hydrogen) atoms. The van der Waals surface area contributed by atoms with Crippen LogP contribution in [0.25, 0.3) is 11.1 Å². The lowest BCUT2D eigenvalue weighted by atomic mass is 9.97. The Hall–Kier alpha value is -3.35. The van der Waals surface area contributed by atoms with E-state index in [0.717, 1.165) is 17.5 Å². The third kappa shape index (κ3) is 5.24. The zero-order valence-corrected chi connectivity index (χ0v) is 19.5. The zero-order valence-electron chi connectivity index (χ0n) is 19.5. The van der Waals surface area contributed by atoms with Gasteiger partial charge < -0.3 is 20.1 Å². The third-order valence-corrected chi connectivity index (χ3v) is 6.85. The van der Waals surface area contributed by atoms with Crippen LogP contribution in [0.2, 0.25) is 0 Å². The van der Waals surface area contributed by atoms with Gasteiger partial charge in [-0.05, 0) is 41.5 Å².